The minimum absolute atomic E-state index is 0.0136. The first kappa shape index (κ1) is 18.5. The Hall–Kier alpha value is -3.27. The third-order valence-electron chi connectivity index (χ3n) is 3.65. The Morgan fingerprint density at radius 1 is 1.22 bits per heavy atom. The number of amides is 1. The van der Waals surface area contributed by atoms with E-state index in [9.17, 15) is 19.3 Å². The summed E-state index contributed by atoms with van der Waals surface area (Å²) in [6, 6.07) is 11.9. The van der Waals surface area contributed by atoms with Crippen molar-refractivity contribution in [3.8, 4) is 11.4 Å². The number of hydrogen-bond donors (Lipinski definition) is 1. The number of aromatic nitrogens is 3. The highest BCUT2D eigenvalue weighted by Gasteiger charge is 2.15. The van der Waals surface area contributed by atoms with Gasteiger partial charge >= 0.3 is 0 Å². The molecule has 1 amide bonds. The van der Waals surface area contributed by atoms with E-state index in [-0.39, 0.29) is 23.0 Å². The lowest BCUT2D eigenvalue weighted by Gasteiger charge is -2.06. The number of anilines is 1. The van der Waals surface area contributed by atoms with Gasteiger partial charge in [-0.25, -0.2) is 4.39 Å². The number of thioether (sulfide) groups is 1. The van der Waals surface area contributed by atoms with Gasteiger partial charge in [0.25, 0.3) is 5.69 Å². The summed E-state index contributed by atoms with van der Waals surface area (Å²) >= 11 is 1.15. The van der Waals surface area contributed by atoms with Crippen LogP contribution in [-0.4, -0.2) is 31.3 Å². The topological polar surface area (TPSA) is 103 Å². The Morgan fingerprint density at radius 3 is 2.59 bits per heavy atom. The van der Waals surface area contributed by atoms with Gasteiger partial charge in [-0.2, -0.15) is 0 Å². The van der Waals surface area contributed by atoms with E-state index in [1.807, 2.05) is 0 Å². The van der Waals surface area contributed by atoms with Crippen LogP contribution in [0.5, 0.6) is 0 Å². The fourth-order valence-electron chi connectivity index (χ4n) is 2.30. The quantitative estimate of drug-likeness (QED) is 0.396. The van der Waals surface area contributed by atoms with Crippen LogP contribution in [-0.2, 0) is 11.8 Å². The van der Waals surface area contributed by atoms with Crippen LogP contribution in [0.15, 0.2) is 53.7 Å². The van der Waals surface area contributed by atoms with Crippen molar-refractivity contribution in [3.05, 3.63) is 64.5 Å². The molecule has 0 fully saturated rings. The predicted octanol–water partition coefficient (Wildman–Crippen LogP) is 3.26. The van der Waals surface area contributed by atoms with Crippen LogP contribution in [0.1, 0.15) is 0 Å². The van der Waals surface area contributed by atoms with Crippen molar-refractivity contribution in [3.63, 3.8) is 0 Å². The fraction of sp³-hybridized carbons (Fsp3) is 0.118. The molecule has 138 valence electrons. The molecule has 0 atom stereocenters. The van der Waals surface area contributed by atoms with E-state index in [1.54, 1.807) is 35.9 Å². The number of nitrogens with zero attached hydrogens (tertiary/aromatic N) is 4. The van der Waals surface area contributed by atoms with Crippen LogP contribution >= 0.6 is 11.8 Å². The number of nitro groups is 1. The zero-order chi connectivity index (χ0) is 19.4. The van der Waals surface area contributed by atoms with Crippen molar-refractivity contribution in [2.24, 2.45) is 7.05 Å². The third kappa shape index (κ3) is 4.29. The fourth-order valence-corrected chi connectivity index (χ4v) is 3.01. The van der Waals surface area contributed by atoms with Gasteiger partial charge in [-0.05, 0) is 24.3 Å². The smallest absolute Gasteiger partial charge is 0.269 e. The zero-order valence-electron chi connectivity index (χ0n) is 14.1. The lowest BCUT2D eigenvalue weighted by Crippen LogP contribution is -2.15. The minimum atomic E-state index is -0.505. The van der Waals surface area contributed by atoms with Crippen molar-refractivity contribution in [1.29, 1.82) is 0 Å². The molecule has 0 aliphatic rings. The number of halogens is 1. The molecule has 10 heteroatoms. The van der Waals surface area contributed by atoms with Crippen LogP contribution in [0.4, 0.5) is 15.8 Å². The number of para-hydroxylation sites is 1. The van der Waals surface area contributed by atoms with Crippen LogP contribution in [0.25, 0.3) is 11.4 Å². The number of carbonyl (C=O) groups excluding carboxylic acids is 1. The van der Waals surface area contributed by atoms with Crippen molar-refractivity contribution in [1.82, 2.24) is 14.8 Å². The number of rotatable bonds is 6. The molecule has 3 rings (SSSR count). The van der Waals surface area contributed by atoms with Crippen LogP contribution < -0.4 is 5.32 Å². The second-order valence-corrected chi connectivity index (χ2v) is 6.43. The van der Waals surface area contributed by atoms with E-state index in [0.717, 1.165) is 11.8 Å². The molecule has 0 unspecified atom stereocenters. The van der Waals surface area contributed by atoms with Gasteiger partial charge in [-0.3, -0.25) is 14.9 Å². The lowest BCUT2D eigenvalue weighted by molar-refractivity contribution is -0.384. The Morgan fingerprint density at radius 2 is 1.93 bits per heavy atom. The van der Waals surface area contributed by atoms with Crippen LogP contribution in [0.2, 0.25) is 0 Å². The number of carbonyl (C=O) groups is 1. The van der Waals surface area contributed by atoms with Crippen LogP contribution in [0, 0.1) is 15.9 Å². The molecular weight excluding hydrogens is 373 g/mol. The molecule has 8 nitrogen and oxygen atoms in total. The van der Waals surface area contributed by atoms with E-state index in [4.69, 9.17) is 0 Å². The van der Waals surface area contributed by atoms with Crippen LogP contribution in [0.3, 0.4) is 0 Å². The van der Waals surface area contributed by atoms with E-state index in [0.29, 0.717) is 16.5 Å². The summed E-state index contributed by atoms with van der Waals surface area (Å²) < 4.78 is 15.2. The molecular formula is C17H14FN5O3S. The largest absolute Gasteiger partial charge is 0.323 e. The molecule has 1 aromatic heterocycles. The van der Waals surface area contributed by atoms with Crippen molar-refractivity contribution in [2.45, 2.75) is 5.16 Å². The average Bonchev–Trinajstić information content (AvgIpc) is 3.02. The summed E-state index contributed by atoms with van der Waals surface area (Å²) in [4.78, 5) is 22.3. The Balaban J connectivity index is 1.66. The highest BCUT2D eigenvalue weighted by atomic mass is 32.2. The van der Waals surface area contributed by atoms with Gasteiger partial charge in [-0.1, -0.05) is 23.9 Å². The Bertz CT molecular complexity index is 990. The summed E-state index contributed by atoms with van der Waals surface area (Å²) in [5.74, 6) is -0.331. The maximum atomic E-state index is 13.6. The molecule has 27 heavy (non-hydrogen) atoms. The maximum Gasteiger partial charge on any atom is 0.269 e. The van der Waals surface area contributed by atoms with E-state index < -0.39 is 10.7 Å². The number of non-ortho nitro benzene ring substituents is 1. The lowest BCUT2D eigenvalue weighted by atomic mass is 10.2. The molecule has 0 aliphatic heterocycles. The normalized spacial score (nSPS) is 10.6. The van der Waals surface area contributed by atoms with Crippen molar-refractivity contribution in [2.75, 3.05) is 11.1 Å². The van der Waals surface area contributed by atoms with Gasteiger partial charge in [0, 0.05) is 24.7 Å². The highest BCUT2D eigenvalue weighted by Crippen LogP contribution is 2.24. The highest BCUT2D eigenvalue weighted by molar-refractivity contribution is 7.99. The van der Waals surface area contributed by atoms with E-state index in [1.165, 1.54) is 24.3 Å². The molecule has 3 aromatic rings. The molecule has 0 spiro atoms. The molecule has 0 saturated heterocycles. The van der Waals surface area contributed by atoms with Gasteiger partial charge in [0.15, 0.2) is 11.0 Å². The molecule has 0 bridgehead atoms. The zero-order valence-corrected chi connectivity index (χ0v) is 14.9. The third-order valence-corrected chi connectivity index (χ3v) is 4.67. The van der Waals surface area contributed by atoms with E-state index in [2.05, 4.69) is 15.5 Å². The van der Waals surface area contributed by atoms with Gasteiger partial charge < -0.3 is 9.88 Å². The molecule has 1 N–H and O–H groups in total. The van der Waals surface area contributed by atoms with Gasteiger partial charge in [0.05, 0.1) is 16.4 Å². The maximum absolute atomic E-state index is 13.6. The molecule has 0 saturated carbocycles. The van der Waals surface area contributed by atoms with Gasteiger partial charge in [-0.15, -0.1) is 10.2 Å². The first-order chi connectivity index (χ1) is 13.0. The van der Waals surface area contributed by atoms with Gasteiger partial charge in [0.1, 0.15) is 5.82 Å². The monoisotopic (exact) mass is 387 g/mol. The predicted molar refractivity (Wildman–Crippen MR) is 98.8 cm³/mol. The summed E-state index contributed by atoms with van der Waals surface area (Å²) in [7, 11) is 1.73. The number of hydrogen-bond acceptors (Lipinski definition) is 6. The molecule has 0 aliphatic carbocycles. The minimum Gasteiger partial charge on any atom is -0.323 e. The first-order valence-corrected chi connectivity index (χ1v) is 8.75. The first-order valence-electron chi connectivity index (χ1n) is 7.77. The standard InChI is InChI=1S/C17H14FN5O3S/c1-22-16(11-6-8-12(9-7-11)23(25)26)20-21-17(22)27-10-15(24)19-14-5-3-2-4-13(14)18/h2-9H,10H2,1H3,(H,19,24). The number of nitrogens with one attached hydrogen (secondary N) is 1. The second-order valence-electron chi connectivity index (χ2n) is 5.49. The SMILES string of the molecule is Cn1c(SCC(=O)Nc2ccccc2F)nnc1-c1ccc([N+](=O)[O-])cc1. The summed E-state index contributed by atoms with van der Waals surface area (Å²) in [5, 5.41) is 21.8. The average molecular weight is 387 g/mol. The van der Waals surface area contributed by atoms with Gasteiger partial charge in [0.2, 0.25) is 5.91 Å². The summed E-state index contributed by atoms with van der Waals surface area (Å²) in [6.07, 6.45) is 0. The van der Waals surface area contributed by atoms with Crippen molar-refractivity contribution >= 4 is 29.0 Å². The summed E-state index contributed by atoms with van der Waals surface area (Å²) in [5.41, 5.74) is 0.770. The summed E-state index contributed by atoms with van der Waals surface area (Å²) in [6.45, 7) is 0. The Kier molecular flexibility index (Phi) is 5.46. The number of nitro benzene ring substituents is 1. The molecule has 1 heterocycles. The molecule has 0 radical (unpaired) electrons. The van der Waals surface area contributed by atoms with E-state index >= 15 is 0 Å². The molecule has 2 aromatic carbocycles. The number of benzene rings is 2. The Labute approximate surface area is 157 Å². The second kappa shape index (κ2) is 7.96. The van der Waals surface area contributed by atoms with Crippen molar-refractivity contribution < 1.29 is 14.1 Å².